The fourth-order valence-electron chi connectivity index (χ4n) is 3.49. The molecule has 2 amide bonds. The summed E-state index contributed by atoms with van der Waals surface area (Å²) >= 11 is 1.16. The Morgan fingerprint density at radius 1 is 0.889 bits per heavy atom. The van der Waals surface area contributed by atoms with Crippen molar-refractivity contribution in [3.63, 3.8) is 0 Å². The highest BCUT2D eigenvalue weighted by molar-refractivity contribution is 8.00. The van der Waals surface area contributed by atoms with E-state index in [4.69, 9.17) is 4.74 Å². The molecular formula is C26H40N2O7S. The van der Waals surface area contributed by atoms with Crippen molar-refractivity contribution in [2.75, 3.05) is 25.7 Å². The molecule has 1 aromatic carbocycles. The van der Waals surface area contributed by atoms with E-state index in [1.807, 2.05) is 0 Å². The van der Waals surface area contributed by atoms with Crippen LogP contribution in [0.15, 0.2) is 24.3 Å². The van der Waals surface area contributed by atoms with E-state index in [2.05, 4.69) is 22.3 Å². The smallest absolute Gasteiger partial charge is 0.328 e. The van der Waals surface area contributed by atoms with Crippen LogP contribution in [0.1, 0.15) is 63.9 Å². The largest absolute Gasteiger partial charge is 0.508 e. The van der Waals surface area contributed by atoms with Gasteiger partial charge in [-0.25, -0.2) is 4.79 Å². The third-order valence-electron chi connectivity index (χ3n) is 5.57. The summed E-state index contributed by atoms with van der Waals surface area (Å²) in [7, 11) is 2.51. The molecule has 1 aromatic rings. The first-order valence-corrected chi connectivity index (χ1v) is 13.6. The van der Waals surface area contributed by atoms with E-state index in [-0.39, 0.29) is 29.6 Å². The fraction of sp³-hybridized carbons (Fsp3) is 0.615. The Kier molecular flexibility index (Phi) is 16.1. The highest BCUT2D eigenvalue weighted by atomic mass is 32.2. The van der Waals surface area contributed by atoms with E-state index in [1.165, 1.54) is 45.6 Å². The minimum Gasteiger partial charge on any atom is -0.508 e. The molecule has 2 atom stereocenters. The minimum atomic E-state index is -0.986. The van der Waals surface area contributed by atoms with Gasteiger partial charge in [0.2, 0.25) is 11.8 Å². The number of amides is 2. The maximum atomic E-state index is 13.1. The zero-order valence-electron chi connectivity index (χ0n) is 21.5. The number of benzene rings is 1. The van der Waals surface area contributed by atoms with Crippen LogP contribution < -0.4 is 10.6 Å². The summed E-state index contributed by atoms with van der Waals surface area (Å²) in [5, 5.41) is 14.9. The Morgan fingerprint density at radius 2 is 1.53 bits per heavy atom. The van der Waals surface area contributed by atoms with Gasteiger partial charge >= 0.3 is 11.9 Å². The molecule has 0 aliphatic carbocycles. The van der Waals surface area contributed by atoms with Crippen LogP contribution in [-0.2, 0) is 35.1 Å². The third kappa shape index (κ3) is 13.4. The van der Waals surface area contributed by atoms with Crippen molar-refractivity contribution in [2.45, 2.75) is 76.8 Å². The van der Waals surface area contributed by atoms with Gasteiger partial charge in [-0.2, -0.15) is 0 Å². The first kappa shape index (κ1) is 31.3. The molecule has 0 saturated heterocycles. The number of carbonyl (C=O) groups excluding carboxylic acids is 4. The van der Waals surface area contributed by atoms with Crippen molar-refractivity contribution in [1.82, 2.24) is 10.6 Å². The van der Waals surface area contributed by atoms with Crippen LogP contribution in [0.25, 0.3) is 0 Å². The van der Waals surface area contributed by atoms with Gasteiger partial charge < -0.3 is 25.2 Å². The standard InChI is InChI=1S/C26H40N2O7S/c1-4-5-6-7-8-9-10-11-23(30)27-22(17-36-18-24(31)34-2)25(32)28-21(26(33)35-3)16-19-12-14-20(29)15-13-19/h12-15,21-22,29H,4-11,16-18H2,1-3H3,(H,27,30)(H,28,32). The van der Waals surface area contributed by atoms with Gasteiger partial charge in [-0.3, -0.25) is 14.4 Å². The molecule has 0 aromatic heterocycles. The van der Waals surface area contributed by atoms with Crippen molar-refractivity contribution >= 4 is 35.5 Å². The maximum Gasteiger partial charge on any atom is 0.328 e. The van der Waals surface area contributed by atoms with Crippen LogP contribution >= 0.6 is 11.8 Å². The molecule has 2 unspecified atom stereocenters. The van der Waals surface area contributed by atoms with Gasteiger partial charge in [-0.1, -0.05) is 57.6 Å². The summed E-state index contributed by atoms with van der Waals surface area (Å²) in [6.45, 7) is 2.17. The molecule has 36 heavy (non-hydrogen) atoms. The predicted octanol–water partition coefficient (Wildman–Crippen LogP) is 3.12. The van der Waals surface area contributed by atoms with Gasteiger partial charge in [-0.05, 0) is 24.1 Å². The van der Waals surface area contributed by atoms with Crippen LogP contribution in [0, 0.1) is 0 Å². The lowest BCUT2D eigenvalue weighted by Crippen LogP contribution is -2.53. The monoisotopic (exact) mass is 524 g/mol. The highest BCUT2D eigenvalue weighted by Crippen LogP contribution is 2.13. The lowest BCUT2D eigenvalue weighted by molar-refractivity contribution is -0.145. The number of phenols is 1. The molecule has 1 rings (SSSR count). The summed E-state index contributed by atoms with van der Waals surface area (Å²) in [5.74, 6) is -1.62. The van der Waals surface area contributed by atoms with Crippen LogP contribution in [0.2, 0.25) is 0 Å². The zero-order valence-corrected chi connectivity index (χ0v) is 22.4. The van der Waals surface area contributed by atoms with Crippen molar-refractivity contribution < 1.29 is 33.8 Å². The Bertz CT molecular complexity index is 817. The van der Waals surface area contributed by atoms with E-state index in [0.29, 0.717) is 12.0 Å². The van der Waals surface area contributed by atoms with Gasteiger partial charge in [0.15, 0.2) is 0 Å². The van der Waals surface area contributed by atoms with E-state index in [1.54, 1.807) is 12.1 Å². The third-order valence-corrected chi connectivity index (χ3v) is 6.58. The zero-order chi connectivity index (χ0) is 26.8. The lowest BCUT2D eigenvalue weighted by Gasteiger charge is -2.22. The Morgan fingerprint density at radius 3 is 2.14 bits per heavy atom. The summed E-state index contributed by atoms with van der Waals surface area (Å²) in [4.78, 5) is 49.4. The molecule has 202 valence electrons. The minimum absolute atomic E-state index is 0.0296. The number of carbonyl (C=O) groups is 4. The first-order chi connectivity index (χ1) is 17.3. The number of hydrogen-bond donors (Lipinski definition) is 3. The number of rotatable bonds is 18. The Hall–Kier alpha value is -2.75. The van der Waals surface area contributed by atoms with Crippen LogP contribution in [0.5, 0.6) is 5.75 Å². The van der Waals surface area contributed by atoms with E-state index in [0.717, 1.165) is 37.4 Å². The molecule has 0 fully saturated rings. The number of ether oxygens (including phenoxy) is 2. The number of hydrogen-bond acceptors (Lipinski definition) is 8. The van der Waals surface area contributed by atoms with Gasteiger partial charge in [0.1, 0.15) is 17.8 Å². The van der Waals surface area contributed by atoms with E-state index < -0.39 is 29.9 Å². The number of phenolic OH excluding ortho intramolecular Hbond substituents is 1. The molecule has 0 heterocycles. The average Bonchev–Trinajstić information content (AvgIpc) is 2.87. The van der Waals surface area contributed by atoms with Gasteiger partial charge in [0, 0.05) is 18.6 Å². The number of unbranched alkanes of at least 4 members (excludes halogenated alkanes) is 6. The summed E-state index contributed by atoms with van der Waals surface area (Å²) in [6, 6.07) is 4.34. The average molecular weight is 525 g/mol. The van der Waals surface area contributed by atoms with E-state index in [9.17, 15) is 24.3 Å². The second-order valence-electron chi connectivity index (χ2n) is 8.54. The Labute approximate surface area is 218 Å². The summed E-state index contributed by atoms with van der Waals surface area (Å²) in [6.07, 6.45) is 7.96. The normalized spacial score (nSPS) is 12.3. The predicted molar refractivity (Wildman–Crippen MR) is 140 cm³/mol. The van der Waals surface area contributed by atoms with Gasteiger partial charge in [-0.15, -0.1) is 11.8 Å². The molecule has 10 heteroatoms. The van der Waals surface area contributed by atoms with Crippen molar-refractivity contribution in [3.8, 4) is 5.75 Å². The van der Waals surface area contributed by atoms with E-state index >= 15 is 0 Å². The lowest BCUT2D eigenvalue weighted by atomic mass is 10.1. The number of aromatic hydroxyl groups is 1. The molecule has 0 aliphatic heterocycles. The Balaban J connectivity index is 2.74. The topological polar surface area (TPSA) is 131 Å². The van der Waals surface area contributed by atoms with Gasteiger partial charge in [0.05, 0.1) is 20.0 Å². The van der Waals surface area contributed by atoms with Crippen molar-refractivity contribution in [1.29, 1.82) is 0 Å². The molecule has 0 aliphatic rings. The van der Waals surface area contributed by atoms with Crippen LogP contribution in [0.3, 0.4) is 0 Å². The SMILES string of the molecule is CCCCCCCCCC(=O)NC(CSCC(=O)OC)C(=O)NC(Cc1ccc(O)cc1)C(=O)OC. The molecule has 0 spiro atoms. The fourth-order valence-corrected chi connectivity index (χ4v) is 4.36. The number of thioether (sulfide) groups is 1. The quantitative estimate of drug-likeness (QED) is 0.197. The number of esters is 2. The summed E-state index contributed by atoms with van der Waals surface area (Å²) < 4.78 is 9.47. The highest BCUT2D eigenvalue weighted by Gasteiger charge is 2.28. The van der Waals surface area contributed by atoms with Crippen LogP contribution in [0.4, 0.5) is 0 Å². The molecule has 9 nitrogen and oxygen atoms in total. The van der Waals surface area contributed by atoms with Crippen molar-refractivity contribution in [2.24, 2.45) is 0 Å². The molecule has 0 radical (unpaired) electrons. The molecule has 0 saturated carbocycles. The first-order valence-electron chi connectivity index (χ1n) is 12.4. The summed E-state index contributed by atoms with van der Waals surface area (Å²) in [5.41, 5.74) is 0.711. The second-order valence-corrected chi connectivity index (χ2v) is 9.57. The molecular weight excluding hydrogens is 484 g/mol. The number of methoxy groups -OCH3 is 2. The van der Waals surface area contributed by atoms with Crippen LogP contribution in [-0.4, -0.2) is 66.7 Å². The molecule has 3 N–H and O–H groups in total. The number of nitrogens with one attached hydrogen (secondary N) is 2. The maximum absolute atomic E-state index is 13.1. The van der Waals surface area contributed by atoms with Gasteiger partial charge in [0.25, 0.3) is 0 Å². The molecule has 0 bridgehead atoms. The second kappa shape index (κ2) is 18.5. The van der Waals surface area contributed by atoms with Crippen molar-refractivity contribution in [3.05, 3.63) is 29.8 Å².